The molecule has 5 nitrogen and oxygen atoms in total. The largest absolute Gasteiger partial charge is 0.346 e. The number of nitro groups is 1. The van der Waals surface area contributed by atoms with Crippen LogP contribution in [0.5, 0.6) is 0 Å². The van der Waals surface area contributed by atoms with Crippen molar-refractivity contribution in [2.24, 2.45) is 0 Å². The zero-order valence-corrected chi connectivity index (χ0v) is 14.9. The molecule has 1 saturated carbocycles. The molecule has 26 heavy (non-hydrogen) atoms. The molecule has 2 aromatic carbocycles. The van der Waals surface area contributed by atoms with E-state index in [-0.39, 0.29) is 23.2 Å². The predicted molar refractivity (Wildman–Crippen MR) is 98.5 cm³/mol. The predicted octanol–water partition coefficient (Wildman–Crippen LogP) is 4.41. The maximum Gasteiger partial charge on any atom is 0.269 e. The number of halogens is 1. The smallest absolute Gasteiger partial charge is 0.269 e. The fourth-order valence-corrected chi connectivity index (χ4v) is 4.05. The first-order valence-corrected chi connectivity index (χ1v) is 9.41. The summed E-state index contributed by atoms with van der Waals surface area (Å²) in [6.07, 6.45) is 3.72. The number of thioether (sulfide) groups is 1. The van der Waals surface area contributed by atoms with E-state index in [0.717, 1.165) is 36.1 Å². The highest BCUT2D eigenvalue weighted by Crippen LogP contribution is 2.39. The van der Waals surface area contributed by atoms with E-state index in [0.29, 0.717) is 0 Å². The number of carbonyl (C=O) groups is 1. The minimum Gasteiger partial charge on any atom is -0.346 e. The van der Waals surface area contributed by atoms with Crippen molar-refractivity contribution >= 4 is 23.4 Å². The third kappa shape index (κ3) is 4.22. The molecule has 7 heteroatoms. The summed E-state index contributed by atoms with van der Waals surface area (Å²) < 4.78 is 13.2. The Labute approximate surface area is 155 Å². The Kier molecular flexibility index (Phi) is 5.56. The molecule has 1 amide bonds. The van der Waals surface area contributed by atoms with Gasteiger partial charge in [-0.05, 0) is 42.7 Å². The molecular formula is C19H19FN2O3S. The van der Waals surface area contributed by atoms with Crippen LogP contribution in [0.2, 0.25) is 0 Å². The summed E-state index contributed by atoms with van der Waals surface area (Å²) in [6.45, 7) is 0. The van der Waals surface area contributed by atoms with Gasteiger partial charge in [0.2, 0.25) is 5.91 Å². The minimum atomic E-state index is -0.451. The van der Waals surface area contributed by atoms with E-state index in [1.807, 2.05) is 0 Å². The van der Waals surface area contributed by atoms with Crippen LogP contribution in [0.4, 0.5) is 10.1 Å². The van der Waals surface area contributed by atoms with E-state index in [4.69, 9.17) is 0 Å². The van der Waals surface area contributed by atoms with Crippen LogP contribution >= 0.6 is 11.8 Å². The maximum atomic E-state index is 13.2. The fourth-order valence-electron chi connectivity index (χ4n) is 3.35. The quantitative estimate of drug-likeness (QED) is 0.462. The van der Waals surface area contributed by atoms with Crippen molar-refractivity contribution in [1.29, 1.82) is 0 Å². The first-order chi connectivity index (χ1) is 12.5. The lowest BCUT2D eigenvalue weighted by Crippen LogP contribution is -2.44. The van der Waals surface area contributed by atoms with Gasteiger partial charge in [-0.25, -0.2) is 4.39 Å². The fraction of sp³-hybridized carbons (Fsp3) is 0.316. The number of carbonyl (C=O) groups excluding carboxylic acids is 1. The third-order valence-corrected chi connectivity index (χ3v) is 5.66. The molecule has 0 atom stereocenters. The van der Waals surface area contributed by atoms with Crippen molar-refractivity contribution in [3.8, 4) is 0 Å². The van der Waals surface area contributed by atoms with Crippen LogP contribution in [-0.4, -0.2) is 16.6 Å². The molecule has 1 aliphatic rings. The molecule has 0 saturated heterocycles. The first-order valence-electron chi connectivity index (χ1n) is 8.43. The van der Waals surface area contributed by atoms with Gasteiger partial charge in [-0.3, -0.25) is 14.9 Å². The van der Waals surface area contributed by atoms with Crippen LogP contribution in [0, 0.1) is 15.9 Å². The van der Waals surface area contributed by atoms with E-state index in [1.54, 1.807) is 24.3 Å². The standard InChI is InChI=1S/C19H19FN2O3S/c20-15-5-3-14(4-6-15)19(11-1-2-12-19)21-18(23)13-26-17-9-7-16(8-10-17)22(24)25/h3-10H,1-2,11-13H2,(H,21,23). The molecule has 0 bridgehead atoms. The maximum absolute atomic E-state index is 13.2. The molecule has 1 fully saturated rings. The zero-order chi connectivity index (χ0) is 18.6. The normalized spacial score (nSPS) is 15.6. The number of hydrogen-bond donors (Lipinski definition) is 1. The topological polar surface area (TPSA) is 72.2 Å². The van der Waals surface area contributed by atoms with Gasteiger partial charge in [-0.2, -0.15) is 0 Å². The number of nitrogens with one attached hydrogen (secondary N) is 1. The van der Waals surface area contributed by atoms with Gasteiger partial charge in [0.05, 0.1) is 16.2 Å². The van der Waals surface area contributed by atoms with Gasteiger partial charge >= 0.3 is 0 Å². The molecule has 3 rings (SSSR count). The van der Waals surface area contributed by atoms with Crippen molar-refractivity contribution in [2.75, 3.05) is 5.75 Å². The van der Waals surface area contributed by atoms with Crippen molar-refractivity contribution in [1.82, 2.24) is 5.32 Å². The highest BCUT2D eigenvalue weighted by atomic mass is 32.2. The summed E-state index contributed by atoms with van der Waals surface area (Å²) in [7, 11) is 0. The molecule has 1 aliphatic carbocycles. The van der Waals surface area contributed by atoms with E-state index in [1.165, 1.54) is 36.0 Å². The summed E-state index contributed by atoms with van der Waals surface area (Å²) in [6, 6.07) is 12.5. The summed E-state index contributed by atoms with van der Waals surface area (Å²) >= 11 is 1.33. The molecule has 1 N–H and O–H groups in total. The van der Waals surface area contributed by atoms with Crippen molar-refractivity contribution < 1.29 is 14.1 Å². The molecule has 0 aliphatic heterocycles. The lowest BCUT2D eigenvalue weighted by molar-refractivity contribution is -0.384. The Bertz CT molecular complexity index is 787. The Morgan fingerprint density at radius 1 is 1.12 bits per heavy atom. The lowest BCUT2D eigenvalue weighted by Gasteiger charge is -2.31. The van der Waals surface area contributed by atoms with E-state index >= 15 is 0 Å². The van der Waals surface area contributed by atoms with Crippen LogP contribution in [0.25, 0.3) is 0 Å². The molecule has 0 aromatic heterocycles. The minimum absolute atomic E-state index is 0.0278. The molecular weight excluding hydrogens is 355 g/mol. The van der Waals surface area contributed by atoms with E-state index in [2.05, 4.69) is 5.32 Å². The SMILES string of the molecule is O=C(CSc1ccc([N+](=O)[O-])cc1)NC1(c2ccc(F)cc2)CCCC1. The number of amides is 1. The van der Waals surface area contributed by atoms with Crippen molar-refractivity contribution in [2.45, 2.75) is 36.1 Å². The van der Waals surface area contributed by atoms with Crippen LogP contribution < -0.4 is 5.32 Å². The van der Waals surface area contributed by atoms with Gasteiger partial charge in [0.15, 0.2) is 0 Å². The highest BCUT2D eigenvalue weighted by molar-refractivity contribution is 8.00. The Morgan fingerprint density at radius 3 is 2.31 bits per heavy atom. The second-order valence-electron chi connectivity index (χ2n) is 6.38. The van der Waals surface area contributed by atoms with Gasteiger partial charge < -0.3 is 5.32 Å². The number of non-ortho nitro benzene ring substituents is 1. The molecule has 136 valence electrons. The van der Waals surface area contributed by atoms with Crippen LogP contribution in [-0.2, 0) is 10.3 Å². The Hall–Kier alpha value is -2.41. The summed E-state index contributed by atoms with van der Waals surface area (Å²) in [5.41, 5.74) is 0.533. The number of benzene rings is 2. The lowest BCUT2D eigenvalue weighted by atomic mass is 9.88. The van der Waals surface area contributed by atoms with E-state index in [9.17, 15) is 19.3 Å². The third-order valence-electron chi connectivity index (χ3n) is 4.65. The number of hydrogen-bond acceptors (Lipinski definition) is 4. The van der Waals surface area contributed by atoms with Gasteiger partial charge in [0.25, 0.3) is 5.69 Å². The van der Waals surface area contributed by atoms with Crippen LogP contribution in [0.15, 0.2) is 53.4 Å². The summed E-state index contributed by atoms with van der Waals surface area (Å²) in [5.74, 6) is -0.165. The zero-order valence-electron chi connectivity index (χ0n) is 14.1. The van der Waals surface area contributed by atoms with Crippen molar-refractivity contribution in [3.05, 3.63) is 70.0 Å². The number of nitro benzene ring substituents is 1. The van der Waals surface area contributed by atoms with Gasteiger partial charge in [0, 0.05) is 17.0 Å². The molecule has 0 heterocycles. The van der Waals surface area contributed by atoms with Gasteiger partial charge in [0.1, 0.15) is 5.82 Å². The number of rotatable bonds is 6. The number of nitrogens with zero attached hydrogens (tertiary/aromatic N) is 1. The molecule has 0 unspecified atom stereocenters. The van der Waals surface area contributed by atoms with Crippen molar-refractivity contribution in [3.63, 3.8) is 0 Å². The average Bonchev–Trinajstić information content (AvgIpc) is 3.10. The molecule has 0 spiro atoms. The summed E-state index contributed by atoms with van der Waals surface area (Å²) in [4.78, 5) is 23.5. The van der Waals surface area contributed by atoms with Gasteiger partial charge in [-0.15, -0.1) is 11.8 Å². The average molecular weight is 374 g/mol. The van der Waals surface area contributed by atoms with Crippen LogP contribution in [0.3, 0.4) is 0 Å². The monoisotopic (exact) mass is 374 g/mol. The summed E-state index contributed by atoms with van der Waals surface area (Å²) in [5, 5.41) is 13.8. The Balaban J connectivity index is 1.63. The van der Waals surface area contributed by atoms with Crippen LogP contribution in [0.1, 0.15) is 31.2 Å². The second kappa shape index (κ2) is 7.86. The molecule has 0 radical (unpaired) electrons. The second-order valence-corrected chi connectivity index (χ2v) is 7.43. The molecule has 2 aromatic rings. The van der Waals surface area contributed by atoms with E-state index < -0.39 is 10.5 Å². The Morgan fingerprint density at radius 2 is 1.73 bits per heavy atom. The highest BCUT2D eigenvalue weighted by Gasteiger charge is 2.36. The van der Waals surface area contributed by atoms with Gasteiger partial charge in [-0.1, -0.05) is 25.0 Å². The first kappa shape index (κ1) is 18.4.